The van der Waals surface area contributed by atoms with Gasteiger partial charge in [0.1, 0.15) is 12.4 Å². The van der Waals surface area contributed by atoms with Gasteiger partial charge >= 0.3 is 0 Å². The van der Waals surface area contributed by atoms with E-state index in [9.17, 15) is 9.59 Å². The molecular weight excluding hydrogens is 316 g/mol. The number of hydrogen-bond donors (Lipinski definition) is 0. The van der Waals surface area contributed by atoms with E-state index < -0.39 is 0 Å². The van der Waals surface area contributed by atoms with E-state index in [4.69, 9.17) is 4.98 Å². The van der Waals surface area contributed by atoms with Gasteiger partial charge in [-0.1, -0.05) is 12.1 Å². The topological polar surface area (TPSA) is 58.4 Å². The zero-order chi connectivity index (χ0) is 17.4. The Bertz CT molecular complexity index is 807. The molecule has 6 heteroatoms. The van der Waals surface area contributed by atoms with Crippen molar-refractivity contribution < 1.29 is 9.59 Å². The van der Waals surface area contributed by atoms with Crippen LogP contribution in [0.2, 0.25) is 0 Å². The Morgan fingerprint density at radius 1 is 1.12 bits per heavy atom. The highest BCUT2D eigenvalue weighted by Crippen LogP contribution is 2.33. The number of para-hydroxylation sites is 2. The van der Waals surface area contributed by atoms with E-state index >= 15 is 0 Å². The van der Waals surface area contributed by atoms with Crippen LogP contribution in [0.5, 0.6) is 0 Å². The SMILES string of the molecule is CC(=O)N1CCC[C@@H]1c1nc2ccccc2n1CC(=O)N1CCCC1. The van der Waals surface area contributed by atoms with Gasteiger partial charge in [-0.05, 0) is 37.8 Å². The second-order valence-corrected chi connectivity index (χ2v) is 7.00. The van der Waals surface area contributed by atoms with Crippen molar-refractivity contribution in [1.29, 1.82) is 0 Å². The lowest BCUT2D eigenvalue weighted by Crippen LogP contribution is -2.33. The molecule has 0 saturated carbocycles. The second-order valence-electron chi connectivity index (χ2n) is 7.00. The van der Waals surface area contributed by atoms with E-state index in [0.29, 0.717) is 6.54 Å². The Morgan fingerprint density at radius 3 is 2.64 bits per heavy atom. The number of rotatable bonds is 3. The van der Waals surface area contributed by atoms with Crippen molar-refractivity contribution in [3.05, 3.63) is 30.1 Å². The molecule has 0 unspecified atom stereocenters. The summed E-state index contributed by atoms with van der Waals surface area (Å²) in [6, 6.07) is 7.89. The van der Waals surface area contributed by atoms with Crippen LogP contribution in [0.3, 0.4) is 0 Å². The van der Waals surface area contributed by atoms with Gasteiger partial charge in [0.15, 0.2) is 0 Å². The summed E-state index contributed by atoms with van der Waals surface area (Å²) in [6.45, 7) is 4.38. The second kappa shape index (κ2) is 6.50. The maximum absolute atomic E-state index is 12.7. The average molecular weight is 340 g/mol. The molecule has 2 aliphatic rings. The molecule has 132 valence electrons. The van der Waals surface area contributed by atoms with Crippen LogP contribution in [0, 0.1) is 0 Å². The molecule has 4 rings (SSSR count). The lowest BCUT2D eigenvalue weighted by molar-refractivity contribution is -0.130. The molecule has 0 radical (unpaired) electrons. The van der Waals surface area contributed by atoms with E-state index in [1.54, 1.807) is 6.92 Å². The summed E-state index contributed by atoms with van der Waals surface area (Å²) in [4.78, 5) is 33.4. The van der Waals surface area contributed by atoms with E-state index in [2.05, 4.69) is 0 Å². The van der Waals surface area contributed by atoms with Crippen LogP contribution in [0.15, 0.2) is 24.3 Å². The minimum Gasteiger partial charge on any atom is -0.341 e. The fourth-order valence-corrected chi connectivity index (χ4v) is 4.13. The quantitative estimate of drug-likeness (QED) is 0.862. The Balaban J connectivity index is 1.73. The summed E-state index contributed by atoms with van der Waals surface area (Å²) >= 11 is 0. The van der Waals surface area contributed by atoms with Gasteiger partial charge in [-0.2, -0.15) is 0 Å². The smallest absolute Gasteiger partial charge is 0.242 e. The molecule has 0 spiro atoms. The van der Waals surface area contributed by atoms with Gasteiger partial charge in [-0.25, -0.2) is 4.98 Å². The first-order chi connectivity index (χ1) is 12.1. The number of carbonyl (C=O) groups is 2. The summed E-state index contributed by atoms with van der Waals surface area (Å²) < 4.78 is 2.03. The molecule has 2 aromatic rings. The number of fused-ring (bicyclic) bond motifs is 1. The molecule has 1 atom stereocenters. The first-order valence-corrected chi connectivity index (χ1v) is 9.15. The van der Waals surface area contributed by atoms with Crippen LogP contribution in [-0.2, 0) is 16.1 Å². The molecule has 1 aromatic carbocycles. The molecule has 0 bridgehead atoms. The van der Waals surface area contributed by atoms with Crippen LogP contribution in [0.1, 0.15) is 44.5 Å². The van der Waals surface area contributed by atoms with E-state index in [-0.39, 0.29) is 17.9 Å². The predicted molar refractivity (Wildman–Crippen MR) is 94.9 cm³/mol. The normalized spacial score (nSPS) is 20.6. The number of benzene rings is 1. The molecule has 2 amide bonds. The number of likely N-dealkylation sites (tertiary alicyclic amines) is 2. The Kier molecular flexibility index (Phi) is 4.19. The summed E-state index contributed by atoms with van der Waals surface area (Å²) in [5, 5.41) is 0. The molecule has 25 heavy (non-hydrogen) atoms. The summed E-state index contributed by atoms with van der Waals surface area (Å²) in [7, 11) is 0. The highest BCUT2D eigenvalue weighted by molar-refractivity contribution is 5.82. The van der Waals surface area contributed by atoms with Gasteiger partial charge in [0.25, 0.3) is 0 Å². The third-order valence-electron chi connectivity index (χ3n) is 5.39. The third-order valence-corrected chi connectivity index (χ3v) is 5.39. The molecule has 2 aliphatic heterocycles. The van der Waals surface area contributed by atoms with Crippen molar-refractivity contribution in [2.24, 2.45) is 0 Å². The molecule has 0 aliphatic carbocycles. The van der Waals surface area contributed by atoms with Gasteiger partial charge in [-0.3, -0.25) is 9.59 Å². The molecule has 3 heterocycles. The van der Waals surface area contributed by atoms with Crippen molar-refractivity contribution in [2.75, 3.05) is 19.6 Å². The lowest BCUT2D eigenvalue weighted by Gasteiger charge is -2.24. The standard InChI is InChI=1S/C19H24N4O2/c1-14(24)22-12-6-9-17(22)19-20-15-7-2-3-8-16(15)23(19)13-18(25)21-10-4-5-11-21/h2-3,7-8,17H,4-6,9-13H2,1H3/t17-/m1/s1. The zero-order valence-electron chi connectivity index (χ0n) is 14.6. The van der Waals surface area contributed by atoms with Crippen LogP contribution >= 0.6 is 0 Å². The van der Waals surface area contributed by atoms with E-state index in [0.717, 1.165) is 62.2 Å². The maximum Gasteiger partial charge on any atom is 0.242 e. The van der Waals surface area contributed by atoms with Crippen molar-refractivity contribution in [2.45, 2.75) is 45.2 Å². The molecule has 2 saturated heterocycles. The molecule has 2 fully saturated rings. The van der Waals surface area contributed by atoms with Crippen molar-refractivity contribution >= 4 is 22.8 Å². The minimum atomic E-state index is -0.0312. The monoisotopic (exact) mass is 340 g/mol. The van der Waals surface area contributed by atoms with Crippen LogP contribution in [-0.4, -0.2) is 50.8 Å². The van der Waals surface area contributed by atoms with Crippen LogP contribution in [0.4, 0.5) is 0 Å². The third kappa shape index (κ3) is 2.90. The fraction of sp³-hybridized carbons (Fsp3) is 0.526. The number of aromatic nitrogens is 2. The lowest BCUT2D eigenvalue weighted by atomic mass is 10.2. The Morgan fingerprint density at radius 2 is 1.88 bits per heavy atom. The highest BCUT2D eigenvalue weighted by atomic mass is 16.2. The zero-order valence-corrected chi connectivity index (χ0v) is 14.6. The predicted octanol–water partition coefficient (Wildman–Crippen LogP) is 2.34. The number of nitrogens with zero attached hydrogens (tertiary/aromatic N) is 4. The molecule has 1 aromatic heterocycles. The Labute approximate surface area is 147 Å². The van der Waals surface area contributed by atoms with Crippen LogP contribution in [0.25, 0.3) is 11.0 Å². The van der Waals surface area contributed by atoms with Crippen LogP contribution < -0.4 is 0 Å². The van der Waals surface area contributed by atoms with E-state index in [1.165, 1.54) is 0 Å². The highest BCUT2D eigenvalue weighted by Gasteiger charge is 2.33. The Hall–Kier alpha value is -2.37. The van der Waals surface area contributed by atoms with Crippen molar-refractivity contribution in [3.8, 4) is 0 Å². The first kappa shape index (κ1) is 16.1. The first-order valence-electron chi connectivity index (χ1n) is 9.15. The summed E-state index contributed by atoms with van der Waals surface area (Å²) in [5.41, 5.74) is 1.86. The van der Waals surface area contributed by atoms with E-state index in [1.807, 2.05) is 38.6 Å². The largest absolute Gasteiger partial charge is 0.341 e. The number of amides is 2. The number of imidazole rings is 1. The van der Waals surface area contributed by atoms with Crippen molar-refractivity contribution in [3.63, 3.8) is 0 Å². The van der Waals surface area contributed by atoms with Gasteiger partial charge in [0.2, 0.25) is 11.8 Å². The number of carbonyl (C=O) groups excluding carboxylic acids is 2. The van der Waals surface area contributed by atoms with Gasteiger partial charge in [0.05, 0.1) is 17.1 Å². The van der Waals surface area contributed by atoms with Crippen molar-refractivity contribution in [1.82, 2.24) is 19.4 Å². The molecule has 0 N–H and O–H groups in total. The molecule has 6 nitrogen and oxygen atoms in total. The minimum absolute atomic E-state index is 0.0312. The maximum atomic E-state index is 12.7. The van der Waals surface area contributed by atoms with Gasteiger partial charge < -0.3 is 14.4 Å². The van der Waals surface area contributed by atoms with Gasteiger partial charge in [-0.15, -0.1) is 0 Å². The number of hydrogen-bond acceptors (Lipinski definition) is 3. The summed E-state index contributed by atoms with van der Waals surface area (Å²) in [5.74, 6) is 1.07. The average Bonchev–Trinajstić information content (AvgIpc) is 3.34. The van der Waals surface area contributed by atoms with Gasteiger partial charge in [0, 0.05) is 26.6 Å². The fourth-order valence-electron chi connectivity index (χ4n) is 4.13. The molecular formula is C19H24N4O2. The summed E-state index contributed by atoms with van der Waals surface area (Å²) in [6.07, 6.45) is 4.06.